The molecule has 0 unspecified atom stereocenters. The second-order valence-corrected chi connectivity index (χ2v) is 6.45. The third-order valence-electron chi connectivity index (χ3n) is 3.45. The Labute approximate surface area is 149 Å². The lowest BCUT2D eigenvalue weighted by molar-refractivity contribution is 0.477. The van der Waals surface area contributed by atoms with Gasteiger partial charge in [0.1, 0.15) is 11.6 Å². The monoisotopic (exact) mass is 362 g/mol. The summed E-state index contributed by atoms with van der Waals surface area (Å²) in [5, 5.41) is 15.2. The first-order valence-electron chi connectivity index (χ1n) is 7.39. The van der Waals surface area contributed by atoms with E-state index < -0.39 is 0 Å². The summed E-state index contributed by atoms with van der Waals surface area (Å²) in [5.74, 6) is 1.04. The summed E-state index contributed by atoms with van der Waals surface area (Å²) in [5.41, 5.74) is 6.98. The minimum absolute atomic E-state index is 0.0442. The Morgan fingerprint density at radius 1 is 1.12 bits per heavy atom. The van der Waals surface area contributed by atoms with Gasteiger partial charge in [0, 0.05) is 28.0 Å². The minimum atomic E-state index is -0.0442. The van der Waals surface area contributed by atoms with Crippen LogP contribution in [-0.2, 0) is 0 Å². The van der Waals surface area contributed by atoms with E-state index in [4.69, 9.17) is 28.9 Å². The largest absolute Gasteiger partial charge is 0.507 e. The summed E-state index contributed by atoms with van der Waals surface area (Å²) in [6, 6.07) is 10.1. The second-order valence-electron chi connectivity index (χ2n) is 5.58. The number of rotatable bonds is 4. The van der Waals surface area contributed by atoms with Gasteiger partial charge in [-0.2, -0.15) is 0 Å². The molecule has 0 radical (unpaired) electrons. The fraction of sp³-hybridized carbons (Fsp3) is 0.176. The zero-order valence-corrected chi connectivity index (χ0v) is 14.4. The van der Waals surface area contributed by atoms with E-state index in [1.54, 1.807) is 24.3 Å². The molecule has 0 aliphatic carbocycles. The van der Waals surface area contributed by atoms with Crippen molar-refractivity contribution in [1.82, 2.24) is 9.97 Å². The van der Waals surface area contributed by atoms with Crippen molar-refractivity contribution in [3.63, 3.8) is 0 Å². The summed E-state index contributed by atoms with van der Waals surface area (Å²) in [6.07, 6.45) is 0. The lowest BCUT2D eigenvalue weighted by Crippen LogP contribution is -2.25. The molecule has 0 amide bonds. The van der Waals surface area contributed by atoms with E-state index in [-0.39, 0.29) is 11.8 Å². The average molecular weight is 363 g/mol. The molecule has 3 rings (SSSR count). The van der Waals surface area contributed by atoms with E-state index in [1.807, 2.05) is 13.0 Å². The molecular weight excluding hydrogens is 347 g/mol. The number of nitrogens with zero attached hydrogens (tertiary/aromatic N) is 2. The Kier molecular flexibility index (Phi) is 4.76. The van der Waals surface area contributed by atoms with Crippen LogP contribution in [0.5, 0.6) is 5.75 Å². The first-order chi connectivity index (χ1) is 11.4. The summed E-state index contributed by atoms with van der Waals surface area (Å²) in [6.45, 7) is 2.44. The highest BCUT2D eigenvalue weighted by Gasteiger charge is 2.13. The zero-order chi connectivity index (χ0) is 17.3. The SMILES string of the molecule is C[C@@H](N)CNc1nc(-c2cc(Cl)ccc2O)nc2ccc(Cl)cc12. The quantitative estimate of drug-likeness (QED) is 0.651. The number of phenols is 1. The highest BCUT2D eigenvalue weighted by atomic mass is 35.5. The molecule has 1 aromatic heterocycles. The molecule has 0 bridgehead atoms. The summed E-state index contributed by atoms with van der Waals surface area (Å²) >= 11 is 12.1. The van der Waals surface area contributed by atoms with Crippen molar-refractivity contribution < 1.29 is 5.11 Å². The van der Waals surface area contributed by atoms with Gasteiger partial charge in [-0.25, -0.2) is 9.97 Å². The van der Waals surface area contributed by atoms with Crippen molar-refractivity contribution in [3.05, 3.63) is 46.4 Å². The van der Waals surface area contributed by atoms with Gasteiger partial charge in [0.15, 0.2) is 5.82 Å². The molecule has 24 heavy (non-hydrogen) atoms. The van der Waals surface area contributed by atoms with E-state index in [9.17, 15) is 5.11 Å². The van der Waals surface area contributed by atoms with Crippen LogP contribution >= 0.6 is 23.2 Å². The summed E-state index contributed by atoms with van der Waals surface area (Å²) < 4.78 is 0. The molecule has 0 aliphatic heterocycles. The summed E-state index contributed by atoms with van der Waals surface area (Å²) in [4.78, 5) is 9.05. The maximum Gasteiger partial charge on any atom is 0.165 e. The molecule has 4 N–H and O–H groups in total. The van der Waals surface area contributed by atoms with Crippen molar-refractivity contribution in [2.75, 3.05) is 11.9 Å². The second kappa shape index (κ2) is 6.81. The highest BCUT2D eigenvalue weighted by molar-refractivity contribution is 6.31. The van der Waals surface area contributed by atoms with Crippen molar-refractivity contribution in [2.24, 2.45) is 5.73 Å². The normalized spacial score (nSPS) is 12.3. The van der Waals surface area contributed by atoms with Crippen molar-refractivity contribution in [1.29, 1.82) is 0 Å². The molecule has 2 aromatic carbocycles. The van der Waals surface area contributed by atoms with Crippen LogP contribution in [0.2, 0.25) is 10.0 Å². The van der Waals surface area contributed by atoms with Crippen molar-refractivity contribution in [2.45, 2.75) is 13.0 Å². The van der Waals surface area contributed by atoms with Gasteiger partial charge in [-0.1, -0.05) is 23.2 Å². The van der Waals surface area contributed by atoms with Crippen LogP contribution in [0.15, 0.2) is 36.4 Å². The molecule has 0 fully saturated rings. The topological polar surface area (TPSA) is 84.1 Å². The van der Waals surface area contributed by atoms with Crippen LogP contribution in [0.4, 0.5) is 5.82 Å². The van der Waals surface area contributed by atoms with E-state index in [1.165, 1.54) is 6.07 Å². The number of nitrogens with one attached hydrogen (secondary N) is 1. The average Bonchev–Trinajstić information content (AvgIpc) is 2.54. The fourth-order valence-corrected chi connectivity index (χ4v) is 2.65. The molecule has 0 saturated heterocycles. The van der Waals surface area contributed by atoms with Gasteiger partial charge in [-0.05, 0) is 43.3 Å². The predicted octanol–water partition coefficient (Wildman–Crippen LogP) is 4.07. The Morgan fingerprint density at radius 3 is 2.58 bits per heavy atom. The predicted molar refractivity (Wildman–Crippen MR) is 98.8 cm³/mol. The molecule has 3 aromatic rings. The van der Waals surface area contributed by atoms with Crippen LogP contribution in [-0.4, -0.2) is 27.7 Å². The van der Waals surface area contributed by atoms with Crippen LogP contribution in [0, 0.1) is 0 Å². The van der Waals surface area contributed by atoms with Crippen molar-refractivity contribution in [3.8, 4) is 17.1 Å². The van der Waals surface area contributed by atoms with Gasteiger partial charge >= 0.3 is 0 Å². The smallest absolute Gasteiger partial charge is 0.165 e. The lowest BCUT2D eigenvalue weighted by atomic mass is 10.1. The van der Waals surface area contributed by atoms with Gasteiger partial charge in [-0.15, -0.1) is 0 Å². The number of phenolic OH excluding ortho intramolecular Hbond substituents is 1. The number of hydrogen-bond donors (Lipinski definition) is 3. The van der Waals surface area contributed by atoms with E-state index in [0.717, 1.165) is 5.39 Å². The van der Waals surface area contributed by atoms with Crippen LogP contribution < -0.4 is 11.1 Å². The first kappa shape index (κ1) is 16.8. The molecule has 0 saturated carbocycles. The van der Waals surface area contributed by atoms with Crippen LogP contribution in [0.1, 0.15) is 6.92 Å². The van der Waals surface area contributed by atoms with E-state index in [2.05, 4.69) is 15.3 Å². The molecule has 124 valence electrons. The van der Waals surface area contributed by atoms with Crippen LogP contribution in [0.25, 0.3) is 22.3 Å². The number of hydrogen-bond acceptors (Lipinski definition) is 5. The number of aromatic hydroxyl groups is 1. The maximum absolute atomic E-state index is 10.1. The van der Waals surface area contributed by atoms with Gasteiger partial charge in [0.05, 0.1) is 11.1 Å². The Balaban J connectivity index is 2.19. The molecule has 1 heterocycles. The Hall–Kier alpha value is -2.08. The third-order valence-corrected chi connectivity index (χ3v) is 3.92. The number of aromatic nitrogens is 2. The Morgan fingerprint density at radius 2 is 1.83 bits per heavy atom. The molecule has 0 aliphatic rings. The number of fused-ring (bicyclic) bond motifs is 1. The van der Waals surface area contributed by atoms with E-state index >= 15 is 0 Å². The van der Waals surface area contributed by atoms with Gasteiger partial charge in [0.25, 0.3) is 0 Å². The molecule has 5 nitrogen and oxygen atoms in total. The minimum Gasteiger partial charge on any atom is -0.507 e. The highest BCUT2D eigenvalue weighted by Crippen LogP contribution is 2.33. The van der Waals surface area contributed by atoms with Gasteiger partial charge in [-0.3, -0.25) is 0 Å². The number of benzene rings is 2. The first-order valence-corrected chi connectivity index (χ1v) is 8.15. The van der Waals surface area contributed by atoms with E-state index in [0.29, 0.717) is 39.3 Å². The lowest BCUT2D eigenvalue weighted by Gasteiger charge is -2.13. The molecule has 0 spiro atoms. The molecular formula is C17H16Cl2N4O. The zero-order valence-electron chi connectivity index (χ0n) is 12.9. The molecule has 7 heteroatoms. The summed E-state index contributed by atoms with van der Waals surface area (Å²) in [7, 11) is 0. The third kappa shape index (κ3) is 3.53. The number of anilines is 1. The standard InChI is InChI=1S/C17H16Cl2N4O/c1-9(20)8-21-16-12-6-10(18)2-4-14(12)22-17(23-16)13-7-11(19)3-5-15(13)24/h2-7,9,24H,8,20H2,1H3,(H,21,22,23)/t9-/m1/s1. The maximum atomic E-state index is 10.1. The molecule has 1 atom stereocenters. The van der Waals surface area contributed by atoms with Crippen LogP contribution in [0.3, 0.4) is 0 Å². The number of nitrogens with two attached hydrogens (primary N) is 1. The Bertz CT molecular complexity index is 899. The van der Waals surface area contributed by atoms with Crippen molar-refractivity contribution >= 4 is 39.9 Å². The van der Waals surface area contributed by atoms with Gasteiger partial charge in [0.2, 0.25) is 0 Å². The number of halogens is 2. The van der Waals surface area contributed by atoms with Gasteiger partial charge < -0.3 is 16.2 Å². The fourth-order valence-electron chi connectivity index (χ4n) is 2.30.